The normalized spacial score (nSPS) is 15.2. The SMILES string of the molecule is C/C=C/C(C)OC(C)C. The average Bonchev–Trinajstić information content (AvgIpc) is 1.63. The molecule has 54 valence electrons. The number of hydrogen-bond acceptors (Lipinski definition) is 1. The lowest BCUT2D eigenvalue weighted by Gasteiger charge is -2.11. The minimum atomic E-state index is 0.259. The second-order valence-corrected chi connectivity index (χ2v) is 2.42. The van der Waals surface area contributed by atoms with Crippen LogP contribution in [0.25, 0.3) is 0 Å². The Morgan fingerprint density at radius 3 is 2.11 bits per heavy atom. The summed E-state index contributed by atoms with van der Waals surface area (Å²) in [5.41, 5.74) is 0. The Bertz CT molecular complexity index is 84.6. The van der Waals surface area contributed by atoms with Crippen LogP contribution in [0.15, 0.2) is 12.2 Å². The van der Waals surface area contributed by atoms with E-state index in [-0.39, 0.29) is 6.10 Å². The molecular formula is C8H16O. The fourth-order valence-electron chi connectivity index (χ4n) is 0.746. The van der Waals surface area contributed by atoms with E-state index >= 15 is 0 Å². The Balaban J connectivity index is 3.38. The van der Waals surface area contributed by atoms with Crippen molar-refractivity contribution in [1.82, 2.24) is 0 Å². The van der Waals surface area contributed by atoms with Gasteiger partial charge in [-0.3, -0.25) is 0 Å². The predicted molar refractivity (Wildman–Crippen MR) is 40.5 cm³/mol. The highest BCUT2D eigenvalue weighted by molar-refractivity contribution is 4.83. The molecule has 0 aliphatic heterocycles. The van der Waals surface area contributed by atoms with Gasteiger partial charge in [0.2, 0.25) is 0 Å². The molecule has 0 N–H and O–H groups in total. The van der Waals surface area contributed by atoms with Crippen LogP contribution in [0.3, 0.4) is 0 Å². The fourth-order valence-corrected chi connectivity index (χ4v) is 0.746. The maximum atomic E-state index is 5.40. The van der Waals surface area contributed by atoms with E-state index < -0.39 is 0 Å². The van der Waals surface area contributed by atoms with Crippen LogP contribution >= 0.6 is 0 Å². The first-order valence-electron chi connectivity index (χ1n) is 3.45. The van der Waals surface area contributed by atoms with E-state index in [9.17, 15) is 0 Å². The van der Waals surface area contributed by atoms with E-state index in [4.69, 9.17) is 4.74 Å². The first-order valence-corrected chi connectivity index (χ1v) is 3.45. The topological polar surface area (TPSA) is 9.23 Å². The van der Waals surface area contributed by atoms with Crippen molar-refractivity contribution in [2.45, 2.75) is 39.9 Å². The van der Waals surface area contributed by atoms with Gasteiger partial charge in [-0.05, 0) is 27.7 Å². The molecule has 1 nitrogen and oxygen atoms in total. The minimum absolute atomic E-state index is 0.259. The standard InChI is InChI=1S/C8H16O/c1-5-6-8(4)9-7(2)3/h5-8H,1-4H3/b6-5+. The Morgan fingerprint density at radius 2 is 1.78 bits per heavy atom. The van der Waals surface area contributed by atoms with Gasteiger partial charge in [0.1, 0.15) is 0 Å². The molecule has 1 heteroatoms. The van der Waals surface area contributed by atoms with Crippen LogP contribution in [0, 0.1) is 0 Å². The summed E-state index contributed by atoms with van der Waals surface area (Å²) >= 11 is 0. The summed E-state index contributed by atoms with van der Waals surface area (Å²) in [6.07, 6.45) is 4.64. The summed E-state index contributed by atoms with van der Waals surface area (Å²) in [6.45, 7) is 8.13. The Kier molecular flexibility index (Phi) is 4.41. The Morgan fingerprint density at radius 1 is 1.22 bits per heavy atom. The minimum Gasteiger partial charge on any atom is -0.372 e. The molecule has 0 aromatic rings. The van der Waals surface area contributed by atoms with Crippen LogP contribution in [0.2, 0.25) is 0 Å². The molecule has 0 aliphatic carbocycles. The number of allylic oxidation sites excluding steroid dienone is 1. The van der Waals surface area contributed by atoms with Gasteiger partial charge < -0.3 is 4.74 Å². The van der Waals surface area contributed by atoms with Crippen LogP contribution in [0.4, 0.5) is 0 Å². The molecule has 0 aromatic heterocycles. The first kappa shape index (κ1) is 8.70. The molecule has 0 fully saturated rings. The van der Waals surface area contributed by atoms with Gasteiger partial charge in [0.15, 0.2) is 0 Å². The lowest BCUT2D eigenvalue weighted by molar-refractivity contribution is 0.0460. The van der Waals surface area contributed by atoms with E-state index in [1.165, 1.54) is 0 Å². The van der Waals surface area contributed by atoms with Crippen molar-refractivity contribution in [3.8, 4) is 0 Å². The quantitative estimate of drug-likeness (QED) is 0.530. The summed E-state index contributed by atoms with van der Waals surface area (Å²) in [6, 6.07) is 0. The van der Waals surface area contributed by atoms with Crippen molar-refractivity contribution in [3.63, 3.8) is 0 Å². The molecule has 1 atom stereocenters. The molecule has 0 rings (SSSR count). The smallest absolute Gasteiger partial charge is 0.0731 e. The molecule has 0 heterocycles. The van der Waals surface area contributed by atoms with Crippen molar-refractivity contribution >= 4 is 0 Å². The molecule has 9 heavy (non-hydrogen) atoms. The lowest BCUT2D eigenvalue weighted by Crippen LogP contribution is -2.10. The molecule has 0 radical (unpaired) electrons. The maximum absolute atomic E-state index is 5.40. The van der Waals surface area contributed by atoms with Gasteiger partial charge in [-0.25, -0.2) is 0 Å². The first-order chi connectivity index (χ1) is 4.16. The summed E-state index contributed by atoms with van der Waals surface area (Å²) < 4.78 is 5.40. The largest absolute Gasteiger partial charge is 0.372 e. The molecular weight excluding hydrogens is 112 g/mol. The van der Waals surface area contributed by atoms with Crippen molar-refractivity contribution < 1.29 is 4.74 Å². The van der Waals surface area contributed by atoms with E-state index in [1.54, 1.807) is 0 Å². The van der Waals surface area contributed by atoms with Crippen LogP contribution < -0.4 is 0 Å². The van der Waals surface area contributed by atoms with Crippen LogP contribution in [-0.2, 0) is 4.74 Å². The monoisotopic (exact) mass is 128 g/mol. The molecule has 0 aliphatic rings. The third kappa shape index (κ3) is 5.57. The van der Waals surface area contributed by atoms with Gasteiger partial charge >= 0.3 is 0 Å². The van der Waals surface area contributed by atoms with Gasteiger partial charge in [-0.2, -0.15) is 0 Å². The number of hydrogen-bond donors (Lipinski definition) is 0. The van der Waals surface area contributed by atoms with Gasteiger partial charge in [0, 0.05) is 0 Å². The van der Waals surface area contributed by atoms with E-state index in [2.05, 4.69) is 0 Å². The van der Waals surface area contributed by atoms with E-state index in [1.807, 2.05) is 39.8 Å². The zero-order chi connectivity index (χ0) is 7.28. The van der Waals surface area contributed by atoms with Crippen molar-refractivity contribution in [2.24, 2.45) is 0 Å². The Hall–Kier alpha value is -0.300. The van der Waals surface area contributed by atoms with E-state index in [0.29, 0.717) is 6.10 Å². The van der Waals surface area contributed by atoms with Crippen molar-refractivity contribution in [1.29, 1.82) is 0 Å². The second-order valence-electron chi connectivity index (χ2n) is 2.42. The molecule has 0 amide bonds. The highest BCUT2D eigenvalue weighted by Crippen LogP contribution is 1.97. The molecule has 1 unspecified atom stereocenters. The maximum Gasteiger partial charge on any atom is 0.0731 e. The molecule has 0 saturated heterocycles. The van der Waals surface area contributed by atoms with Gasteiger partial charge in [-0.1, -0.05) is 12.2 Å². The lowest BCUT2D eigenvalue weighted by atomic mass is 10.3. The number of ether oxygens (including phenoxy) is 1. The Labute approximate surface area is 57.7 Å². The summed E-state index contributed by atoms with van der Waals surface area (Å²) in [7, 11) is 0. The van der Waals surface area contributed by atoms with Gasteiger partial charge in [-0.15, -0.1) is 0 Å². The second kappa shape index (κ2) is 4.57. The highest BCUT2D eigenvalue weighted by Gasteiger charge is 1.97. The summed E-state index contributed by atoms with van der Waals surface area (Å²) in [5.74, 6) is 0. The highest BCUT2D eigenvalue weighted by atomic mass is 16.5. The van der Waals surface area contributed by atoms with Crippen molar-refractivity contribution in [2.75, 3.05) is 0 Å². The third-order valence-electron chi connectivity index (χ3n) is 0.950. The van der Waals surface area contributed by atoms with Crippen molar-refractivity contribution in [3.05, 3.63) is 12.2 Å². The molecule has 0 bridgehead atoms. The molecule has 0 aromatic carbocycles. The fraction of sp³-hybridized carbons (Fsp3) is 0.750. The summed E-state index contributed by atoms with van der Waals surface area (Å²) in [4.78, 5) is 0. The van der Waals surface area contributed by atoms with Gasteiger partial charge in [0.25, 0.3) is 0 Å². The van der Waals surface area contributed by atoms with Crippen LogP contribution in [-0.4, -0.2) is 12.2 Å². The zero-order valence-corrected chi connectivity index (χ0v) is 6.72. The average molecular weight is 128 g/mol. The summed E-state index contributed by atoms with van der Waals surface area (Å²) in [5, 5.41) is 0. The van der Waals surface area contributed by atoms with Crippen LogP contribution in [0.1, 0.15) is 27.7 Å². The van der Waals surface area contributed by atoms with Crippen LogP contribution in [0.5, 0.6) is 0 Å². The van der Waals surface area contributed by atoms with E-state index in [0.717, 1.165) is 0 Å². The predicted octanol–water partition coefficient (Wildman–Crippen LogP) is 2.38. The zero-order valence-electron chi connectivity index (χ0n) is 6.72. The third-order valence-corrected chi connectivity index (χ3v) is 0.950. The molecule has 0 spiro atoms. The van der Waals surface area contributed by atoms with Gasteiger partial charge in [0.05, 0.1) is 12.2 Å². The number of rotatable bonds is 3. The molecule has 0 saturated carbocycles.